The number of aliphatic hydroxyl groups is 1. The highest BCUT2D eigenvalue weighted by molar-refractivity contribution is 5.40. The average molecular weight is 234 g/mol. The van der Waals surface area contributed by atoms with Crippen LogP contribution >= 0.6 is 0 Å². The summed E-state index contributed by atoms with van der Waals surface area (Å²) in [6.07, 6.45) is 3.68. The summed E-state index contributed by atoms with van der Waals surface area (Å²) in [6.45, 7) is 1.61. The number of rotatable bonds is 3. The fourth-order valence-electron chi connectivity index (χ4n) is 2.63. The van der Waals surface area contributed by atoms with Crippen molar-refractivity contribution in [3.63, 3.8) is 0 Å². The van der Waals surface area contributed by atoms with Crippen LogP contribution in [0.2, 0.25) is 0 Å². The molecule has 17 heavy (non-hydrogen) atoms. The Bertz CT molecular complexity index is 396. The van der Waals surface area contributed by atoms with E-state index in [1.165, 1.54) is 5.56 Å². The minimum Gasteiger partial charge on any atom is -0.493 e. The summed E-state index contributed by atoms with van der Waals surface area (Å²) in [5, 5.41) is 10.2. The second-order valence-corrected chi connectivity index (χ2v) is 4.85. The molecular formula is C14H18O3. The van der Waals surface area contributed by atoms with Crippen LogP contribution in [0.25, 0.3) is 0 Å². The summed E-state index contributed by atoms with van der Waals surface area (Å²) in [7, 11) is 0. The third-order valence-corrected chi connectivity index (χ3v) is 3.61. The maximum atomic E-state index is 10.2. The Hall–Kier alpha value is -1.06. The number of aliphatic hydroxyl groups excluding tert-OH is 1. The van der Waals surface area contributed by atoms with Crippen LogP contribution in [0.1, 0.15) is 36.5 Å². The van der Waals surface area contributed by atoms with E-state index in [2.05, 4.69) is 6.07 Å². The van der Waals surface area contributed by atoms with Crippen LogP contribution < -0.4 is 4.74 Å². The molecule has 0 aromatic heterocycles. The van der Waals surface area contributed by atoms with Gasteiger partial charge >= 0.3 is 0 Å². The van der Waals surface area contributed by atoms with Crippen LogP contribution in [0.5, 0.6) is 5.75 Å². The van der Waals surface area contributed by atoms with Gasteiger partial charge in [-0.15, -0.1) is 0 Å². The van der Waals surface area contributed by atoms with E-state index in [1.54, 1.807) is 0 Å². The summed E-state index contributed by atoms with van der Waals surface area (Å²) >= 11 is 0. The highest BCUT2D eigenvalue weighted by Gasteiger charge is 2.21. The van der Waals surface area contributed by atoms with Crippen molar-refractivity contribution in [2.45, 2.75) is 37.9 Å². The first-order valence-electron chi connectivity index (χ1n) is 6.38. The van der Waals surface area contributed by atoms with Crippen molar-refractivity contribution in [2.24, 2.45) is 0 Å². The van der Waals surface area contributed by atoms with Gasteiger partial charge < -0.3 is 14.6 Å². The Morgan fingerprint density at radius 1 is 1.35 bits per heavy atom. The number of ether oxygens (including phenoxy) is 2. The minimum absolute atomic E-state index is 0.231. The molecule has 1 fully saturated rings. The SMILES string of the molecule is OC(CC1CCCO1)c1ccc2c(c1)CCO2. The summed E-state index contributed by atoms with van der Waals surface area (Å²) in [5.74, 6) is 0.970. The van der Waals surface area contributed by atoms with E-state index in [0.29, 0.717) is 6.42 Å². The first-order valence-corrected chi connectivity index (χ1v) is 6.38. The lowest BCUT2D eigenvalue weighted by atomic mass is 9.99. The zero-order chi connectivity index (χ0) is 11.7. The van der Waals surface area contributed by atoms with Gasteiger partial charge in [0.05, 0.1) is 18.8 Å². The van der Waals surface area contributed by atoms with Crippen molar-refractivity contribution in [3.8, 4) is 5.75 Å². The number of hydrogen-bond donors (Lipinski definition) is 1. The van der Waals surface area contributed by atoms with Gasteiger partial charge in [-0.2, -0.15) is 0 Å². The van der Waals surface area contributed by atoms with Crippen molar-refractivity contribution in [3.05, 3.63) is 29.3 Å². The molecule has 0 spiro atoms. The molecule has 0 aliphatic carbocycles. The van der Waals surface area contributed by atoms with E-state index in [9.17, 15) is 5.11 Å². The molecular weight excluding hydrogens is 216 g/mol. The van der Waals surface area contributed by atoms with E-state index < -0.39 is 6.10 Å². The van der Waals surface area contributed by atoms with E-state index >= 15 is 0 Å². The van der Waals surface area contributed by atoms with Crippen molar-refractivity contribution >= 4 is 0 Å². The number of hydrogen-bond acceptors (Lipinski definition) is 3. The van der Waals surface area contributed by atoms with Gasteiger partial charge in [0.15, 0.2) is 0 Å². The van der Waals surface area contributed by atoms with E-state index in [0.717, 1.165) is 43.8 Å². The van der Waals surface area contributed by atoms with Gasteiger partial charge in [-0.05, 0) is 36.1 Å². The predicted molar refractivity (Wildman–Crippen MR) is 64.2 cm³/mol. The predicted octanol–water partition coefficient (Wildman–Crippen LogP) is 2.22. The smallest absolute Gasteiger partial charge is 0.122 e. The molecule has 2 atom stereocenters. The van der Waals surface area contributed by atoms with Gasteiger partial charge in [-0.25, -0.2) is 0 Å². The summed E-state index contributed by atoms with van der Waals surface area (Å²) in [4.78, 5) is 0. The number of benzene rings is 1. The van der Waals surface area contributed by atoms with E-state index in [4.69, 9.17) is 9.47 Å². The average Bonchev–Trinajstić information content (AvgIpc) is 2.97. The Balaban J connectivity index is 1.70. The first-order chi connectivity index (χ1) is 8.33. The zero-order valence-electron chi connectivity index (χ0n) is 9.89. The van der Waals surface area contributed by atoms with Crippen molar-refractivity contribution in [1.29, 1.82) is 0 Å². The van der Waals surface area contributed by atoms with Crippen molar-refractivity contribution in [2.75, 3.05) is 13.2 Å². The molecule has 1 N–H and O–H groups in total. The lowest BCUT2D eigenvalue weighted by Crippen LogP contribution is -2.11. The third kappa shape index (κ3) is 2.31. The Morgan fingerprint density at radius 2 is 2.29 bits per heavy atom. The van der Waals surface area contributed by atoms with Crippen LogP contribution in [-0.2, 0) is 11.2 Å². The van der Waals surface area contributed by atoms with Crippen molar-refractivity contribution in [1.82, 2.24) is 0 Å². The highest BCUT2D eigenvalue weighted by atomic mass is 16.5. The molecule has 0 amide bonds. The third-order valence-electron chi connectivity index (χ3n) is 3.61. The summed E-state index contributed by atoms with van der Waals surface area (Å²) in [5.41, 5.74) is 2.21. The molecule has 0 bridgehead atoms. The summed E-state index contributed by atoms with van der Waals surface area (Å²) in [6, 6.07) is 6.00. The molecule has 1 aromatic carbocycles. The normalized spacial score (nSPS) is 24.4. The molecule has 2 aliphatic rings. The van der Waals surface area contributed by atoms with Crippen LogP contribution in [-0.4, -0.2) is 24.4 Å². The maximum Gasteiger partial charge on any atom is 0.122 e. The second kappa shape index (κ2) is 4.67. The molecule has 1 saturated heterocycles. The molecule has 3 rings (SSSR count). The fraction of sp³-hybridized carbons (Fsp3) is 0.571. The minimum atomic E-state index is -0.413. The standard InChI is InChI=1S/C14H18O3/c15-13(9-12-2-1-6-16-12)10-3-4-14-11(8-10)5-7-17-14/h3-4,8,12-13,15H,1-2,5-7,9H2. The van der Waals surface area contributed by atoms with Crippen LogP contribution in [0.3, 0.4) is 0 Å². The fourth-order valence-corrected chi connectivity index (χ4v) is 2.63. The Labute approximate surface area is 101 Å². The molecule has 2 unspecified atom stereocenters. The van der Waals surface area contributed by atoms with Gasteiger partial charge in [-0.3, -0.25) is 0 Å². The largest absolute Gasteiger partial charge is 0.493 e. The topological polar surface area (TPSA) is 38.7 Å². The van der Waals surface area contributed by atoms with Gasteiger partial charge in [0.1, 0.15) is 5.75 Å². The van der Waals surface area contributed by atoms with Gasteiger partial charge in [0.25, 0.3) is 0 Å². The quantitative estimate of drug-likeness (QED) is 0.871. The molecule has 2 heterocycles. The maximum absolute atomic E-state index is 10.2. The van der Waals surface area contributed by atoms with Crippen LogP contribution in [0.4, 0.5) is 0 Å². The molecule has 1 aromatic rings. The molecule has 0 radical (unpaired) electrons. The molecule has 3 heteroatoms. The van der Waals surface area contributed by atoms with Crippen LogP contribution in [0.15, 0.2) is 18.2 Å². The Morgan fingerprint density at radius 3 is 3.12 bits per heavy atom. The zero-order valence-corrected chi connectivity index (χ0v) is 9.89. The molecule has 0 saturated carbocycles. The molecule has 2 aliphatic heterocycles. The lowest BCUT2D eigenvalue weighted by Gasteiger charge is -2.16. The lowest BCUT2D eigenvalue weighted by molar-refractivity contribution is 0.0535. The highest BCUT2D eigenvalue weighted by Crippen LogP contribution is 2.31. The van der Waals surface area contributed by atoms with Crippen LogP contribution in [0, 0.1) is 0 Å². The Kier molecular flexibility index (Phi) is 3.04. The number of fused-ring (bicyclic) bond motifs is 1. The molecule has 92 valence electrons. The van der Waals surface area contributed by atoms with Gasteiger partial charge in [-0.1, -0.05) is 6.07 Å². The van der Waals surface area contributed by atoms with Gasteiger partial charge in [0, 0.05) is 19.4 Å². The second-order valence-electron chi connectivity index (χ2n) is 4.85. The summed E-state index contributed by atoms with van der Waals surface area (Å²) < 4.78 is 11.0. The first kappa shape index (κ1) is 11.1. The monoisotopic (exact) mass is 234 g/mol. The van der Waals surface area contributed by atoms with Crippen molar-refractivity contribution < 1.29 is 14.6 Å². The van der Waals surface area contributed by atoms with Gasteiger partial charge in [0.2, 0.25) is 0 Å². The van der Waals surface area contributed by atoms with E-state index in [1.807, 2.05) is 12.1 Å². The molecule has 3 nitrogen and oxygen atoms in total. The van der Waals surface area contributed by atoms with E-state index in [-0.39, 0.29) is 6.10 Å².